The first kappa shape index (κ1) is 22.0. The minimum Gasteiger partial charge on any atom is -0.306 e. The topological polar surface area (TPSA) is 108 Å². The van der Waals surface area contributed by atoms with E-state index in [1.165, 1.54) is 35.0 Å². The van der Waals surface area contributed by atoms with Crippen LogP contribution in [0.4, 0.5) is 15.9 Å². The lowest BCUT2D eigenvalue weighted by molar-refractivity contribution is -0.384. The molecule has 174 valence electrons. The Bertz CT molecular complexity index is 1570. The van der Waals surface area contributed by atoms with Crippen molar-refractivity contribution in [3.05, 3.63) is 112 Å². The molecular weight excluding hydrogens is 451 g/mol. The number of nitrogens with zero attached hydrogens (tertiary/aromatic N) is 5. The number of aromatic nitrogens is 4. The van der Waals surface area contributed by atoms with Crippen molar-refractivity contribution in [1.29, 1.82) is 0 Å². The number of non-ortho nitro benzene ring substituents is 1. The molecular formula is C25H19FN6O3. The first-order chi connectivity index (χ1) is 16.9. The molecule has 0 aliphatic heterocycles. The summed E-state index contributed by atoms with van der Waals surface area (Å²) in [5.41, 5.74) is 2.74. The Balaban J connectivity index is 1.55. The first-order valence-electron chi connectivity index (χ1n) is 10.7. The van der Waals surface area contributed by atoms with E-state index >= 15 is 0 Å². The van der Waals surface area contributed by atoms with Crippen LogP contribution in [0.5, 0.6) is 0 Å². The van der Waals surface area contributed by atoms with Crippen LogP contribution in [0, 0.1) is 22.9 Å². The van der Waals surface area contributed by atoms with Gasteiger partial charge in [0.15, 0.2) is 0 Å². The van der Waals surface area contributed by atoms with Gasteiger partial charge in [-0.15, -0.1) is 0 Å². The van der Waals surface area contributed by atoms with Gasteiger partial charge in [-0.05, 0) is 37.3 Å². The molecule has 0 bridgehead atoms. The number of benzene rings is 3. The van der Waals surface area contributed by atoms with Crippen molar-refractivity contribution < 1.29 is 14.1 Å². The van der Waals surface area contributed by atoms with E-state index in [0.29, 0.717) is 28.5 Å². The summed E-state index contributed by atoms with van der Waals surface area (Å²) in [6.45, 7) is 1.99. The van der Waals surface area contributed by atoms with Crippen molar-refractivity contribution in [3.8, 4) is 5.95 Å². The third kappa shape index (κ3) is 4.24. The zero-order valence-electron chi connectivity index (χ0n) is 18.6. The Labute approximate surface area is 198 Å². The van der Waals surface area contributed by atoms with E-state index in [2.05, 4.69) is 10.4 Å². The number of rotatable bonds is 6. The maximum atomic E-state index is 14.5. The van der Waals surface area contributed by atoms with Crippen LogP contribution >= 0.6 is 0 Å². The smallest absolute Gasteiger partial charge is 0.269 e. The molecule has 10 heteroatoms. The summed E-state index contributed by atoms with van der Waals surface area (Å²) < 4.78 is 17.8. The van der Waals surface area contributed by atoms with Crippen LogP contribution in [0.25, 0.3) is 17.0 Å². The molecule has 3 aromatic carbocycles. The van der Waals surface area contributed by atoms with Gasteiger partial charge in [-0.2, -0.15) is 9.78 Å². The molecule has 0 fully saturated rings. The summed E-state index contributed by atoms with van der Waals surface area (Å²) in [6.07, 6.45) is 0. The maximum Gasteiger partial charge on any atom is 0.269 e. The minimum absolute atomic E-state index is 0.107. The molecule has 35 heavy (non-hydrogen) atoms. The molecule has 0 atom stereocenters. The van der Waals surface area contributed by atoms with Gasteiger partial charge in [0.1, 0.15) is 11.6 Å². The Morgan fingerprint density at radius 2 is 1.77 bits per heavy atom. The summed E-state index contributed by atoms with van der Waals surface area (Å²) >= 11 is 0. The quantitative estimate of drug-likeness (QED) is 0.281. The number of carbonyl (C=O) groups is 1. The second-order valence-corrected chi connectivity index (χ2v) is 7.92. The van der Waals surface area contributed by atoms with Gasteiger partial charge >= 0.3 is 0 Å². The lowest BCUT2D eigenvalue weighted by Gasteiger charge is -2.12. The predicted molar refractivity (Wildman–Crippen MR) is 128 cm³/mol. The standard InChI is InChI=1S/C25H19FN6O3/c1-16-14-23(28-24(33)17-10-12-19(13-11-17)32(34)35)31(29-16)25-27-21-8-4-5-9-22(21)30(25)15-18-6-2-3-7-20(18)26/h2-14H,15H2,1H3,(H,28,33). The molecule has 0 aliphatic rings. The van der Waals surface area contributed by atoms with Crippen LogP contribution < -0.4 is 5.32 Å². The number of hydrogen-bond acceptors (Lipinski definition) is 5. The van der Waals surface area contributed by atoms with Gasteiger partial charge in [0.25, 0.3) is 11.6 Å². The van der Waals surface area contributed by atoms with Gasteiger partial charge in [0.05, 0.1) is 28.2 Å². The lowest BCUT2D eigenvalue weighted by atomic mass is 10.2. The SMILES string of the molecule is Cc1cc(NC(=O)c2ccc([N+](=O)[O-])cc2)n(-c2nc3ccccc3n2Cc2ccccc2F)n1. The Kier molecular flexibility index (Phi) is 5.54. The number of amides is 1. The first-order valence-corrected chi connectivity index (χ1v) is 10.7. The van der Waals surface area contributed by atoms with E-state index in [9.17, 15) is 19.3 Å². The number of para-hydroxylation sites is 2. The molecule has 5 rings (SSSR count). The number of imidazole rings is 1. The highest BCUT2D eigenvalue weighted by molar-refractivity contribution is 6.04. The number of fused-ring (bicyclic) bond motifs is 1. The molecule has 1 amide bonds. The lowest BCUT2D eigenvalue weighted by Crippen LogP contribution is -2.17. The van der Waals surface area contributed by atoms with Gasteiger partial charge in [-0.25, -0.2) is 9.37 Å². The average molecular weight is 470 g/mol. The Morgan fingerprint density at radius 3 is 2.51 bits per heavy atom. The summed E-state index contributed by atoms with van der Waals surface area (Å²) in [5.74, 6) is -0.0325. The van der Waals surface area contributed by atoms with Crippen molar-refractivity contribution in [2.45, 2.75) is 13.5 Å². The number of nitro groups is 1. The number of halogens is 1. The fourth-order valence-corrected chi connectivity index (χ4v) is 3.84. The highest BCUT2D eigenvalue weighted by atomic mass is 19.1. The minimum atomic E-state index is -0.528. The molecule has 0 aliphatic carbocycles. The van der Waals surface area contributed by atoms with E-state index in [1.54, 1.807) is 31.2 Å². The fraction of sp³-hybridized carbons (Fsp3) is 0.0800. The summed E-state index contributed by atoms with van der Waals surface area (Å²) in [4.78, 5) is 28.0. The van der Waals surface area contributed by atoms with Gasteiger partial charge in [0, 0.05) is 29.3 Å². The molecule has 1 N–H and O–H groups in total. The van der Waals surface area contributed by atoms with E-state index in [4.69, 9.17) is 4.98 Å². The van der Waals surface area contributed by atoms with Crippen LogP contribution in [-0.2, 0) is 6.54 Å². The zero-order chi connectivity index (χ0) is 24.5. The van der Waals surface area contributed by atoms with Gasteiger partial charge in [0.2, 0.25) is 5.95 Å². The highest BCUT2D eigenvalue weighted by Crippen LogP contribution is 2.25. The maximum absolute atomic E-state index is 14.5. The Morgan fingerprint density at radius 1 is 1.06 bits per heavy atom. The van der Waals surface area contributed by atoms with Crippen molar-refractivity contribution in [2.24, 2.45) is 0 Å². The third-order valence-corrected chi connectivity index (χ3v) is 5.52. The van der Waals surface area contributed by atoms with Crippen molar-refractivity contribution >= 4 is 28.4 Å². The normalized spacial score (nSPS) is 11.0. The molecule has 0 radical (unpaired) electrons. The van der Waals surface area contributed by atoms with Gasteiger partial charge < -0.3 is 9.88 Å². The van der Waals surface area contributed by atoms with E-state index in [-0.39, 0.29) is 23.6 Å². The predicted octanol–water partition coefficient (Wildman–Crippen LogP) is 4.88. The van der Waals surface area contributed by atoms with Crippen LogP contribution in [-0.4, -0.2) is 30.2 Å². The van der Waals surface area contributed by atoms with Gasteiger partial charge in [-0.1, -0.05) is 30.3 Å². The van der Waals surface area contributed by atoms with Crippen molar-refractivity contribution in [1.82, 2.24) is 19.3 Å². The van der Waals surface area contributed by atoms with Gasteiger partial charge in [-0.3, -0.25) is 14.9 Å². The summed E-state index contributed by atoms with van der Waals surface area (Å²) in [6, 6.07) is 21.0. The number of aryl methyl sites for hydroxylation is 1. The summed E-state index contributed by atoms with van der Waals surface area (Å²) in [7, 11) is 0. The van der Waals surface area contributed by atoms with E-state index in [1.807, 2.05) is 28.8 Å². The monoisotopic (exact) mass is 470 g/mol. The number of carbonyl (C=O) groups excluding carboxylic acids is 1. The third-order valence-electron chi connectivity index (χ3n) is 5.52. The summed E-state index contributed by atoms with van der Waals surface area (Å²) in [5, 5.41) is 18.2. The number of nitrogens with one attached hydrogen (secondary N) is 1. The van der Waals surface area contributed by atoms with E-state index in [0.717, 1.165) is 5.52 Å². The van der Waals surface area contributed by atoms with E-state index < -0.39 is 10.8 Å². The molecule has 9 nitrogen and oxygen atoms in total. The molecule has 0 spiro atoms. The zero-order valence-corrected chi connectivity index (χ0v) is 18.6. The fourth-order valence-electron chi connectivity index (χ4n) is 3.84. The second kappa shape index (κ2) is 8.82. The molecule has 0 saturated carbocycles. The largest absolute Gasteiger partial charge is 0.306 e. The number of hydrogen-bond donors (Lipinski definition) is 1. The second-order valence-electron chi connectivity index (χ2n) is 7.92. The molecule has 0 unspecified atom stereocenters. The molecule has 2 heterocycles. The number of nitro benzene ring substituents is 1. The van der Waals surface area contributed by atoms with Crippen molar-refractivity contribution in [3.63, 3.8) is 0 Å². The Hall–Kier alpha value is -4.86. The number of anilines is 1. The molecule has 0 saturated heterocycles. The van der Waals surface area contributed by atoms with Crippen LogP contribution in [0.15, 0.2) is 78.9 Å². The van der Waals surface area contributed by atoms with Crippen LogP contribution in [0.3, 0.4) is 0 Å². The van der Waals surface area contributed by atoms with Crippen LogP contribution in [0.2, 0.25) is 0 Å². The molecule has 2 aromatic heterocycles. The highest BCUT2D eigenvalue weighted by Gasteiger charge is 2.20. The van der Waals surface area contributed by atoms with Crippen LogP contribution in [0.1, 0.15) is 21.6 Å². The molecule has 5 aromatic rings. The average Bonchev–Trinajstić information content (AvgIpc) is 3.40. The van der Waals surface area contributed by atoms with Crippen molar-refractivity contribution in [2.75, 3.05) is 5.32 Å².